The molecule has 0 amide bonds. The lowest BCUT2D eigenvalue weighted by atomic mass is 10.4. The molecule has 0 spiro atoms. The highest BCUT2D eigenvalue weighted by atomic mass is 35.6. The minimum absolute atomic E-state index is 3.66. The molecule has 0 saturated heterocycles. The van der Waals surface area contributed by atoms with Gasteiger partial charge in [-0.25, -0.2) is 0 Å². The second kappa shape index (κ2) is 6.52. The van der Waals surface area contributed by atoms with Crippen LogP contribution in [0.5, 0.6) is 0 Å². The van der Waals surface area contributed by atoms with E-state index in [9.17, 15) is 35.1 Å². The standard InChI is InChI=1S/C3Cl3F5.C2Cl3F3/c4-2(5,6)1(7,8)3(9,10)11;3-1(4,6)2(5,7)8. The van der Waals surface area contributed by atoms with Crippen molar-refractivity contribution in [1.29, 1.82) is 0 Å². The minimum Gasteiger partial charge on any atom is -0.199 e. The maximum absolute atomic E-state index is 11.9. The topological polar surface area (TPSA) is 0 Å². The van der Waals surface area contributed by atoms with E-state index in [0.717, 1.165) is 0 Å². The highest BCUT2D eigenvalue weighted by molar-refractivity contribution is 6.68. The molecule has 0 aromatic rings. The van der Waals surface area contributed by atoms with Gasteiger partial charge in [0, 0.05) is 0 Å². The van der Waals surface area contributed by atoms with Gasteiger partial charge in [0.15, 0.2) is 0 Å². The van der Waals surface area contributed by atoms with Gasteiger partial charge >= 0.3 is 22.1 Å². The van der Waals surface area contributed by atoms with E-state index in [1.807, 2.05) is 0 Å². The molecule has 0 aliphatic carbocycles. The van der Waals surface area contributed by atoms with E-state index in [1.165, 1.54) is 0 Å². The molecule has 0 aromatic carbocycles. The number of halogens is 14. The van der Waals surface area contributed by atoms with E-state index in [1.54, 1.807) is 0 Å². The van der Waals surface area contributed by atoms with E-state index in [-0.39, 0.29) is 0 Å². The normalized spacial score (nSPS) is 14.8. The molecular formula is C5Cl6F8. The molecule has 0 atom stereocenters. The fraction of sp³-hybridized carbons (Fsp3) is 1.00. The van der Waals surface area contributed by atoms with Gasteiger partial charge in [-0.1, -0.05) is 58.0 Å². The fourth-order valence-electron chi connectivity index (χ4n) is 0.161. The average Bonchev–Trinajstić information content (AvgIpc) is 1.96. The highest BCUT2D eigenvalue weighted by Gasteiger charge is 2.69. The molecule has 0 heterocycles. The van der Waals surface area contributed by atoms with Crippen LogP contribution in [0.4, 0.5) is 35.1 Å². The SMILES string of the molecule is FC(F)(Cl)C(F)(Cl)Cl.FC(F)(F)C(F)(F)C(Cl)(Cl)Cl. The molecule has 19 heavy (non-hydrogen) atoms. The van der Waals surface area contributed by atoms with Crippen LogP contribution < -0.4 is 0 Å². The largest absolute Gasteiger partial charge is 0.457 e. The van der Waals surface area contributed by atoms with E-state index < -0.39 is 25.9 Å². The maximum atomic E-state index is 11.9. The van der Waals surface area contributed by atoms with Gasteiger partial charge in [0.25, 0.3) is 3.79 Å². The molecular weight excluding hydrogens is 425 g/mol. The van der Waals surface area contributed by atoms with Gasteiger partial charge in [0.05, 0.1) is 0 Å². The monoisotopic (exact) mass is 422 g/mol. The molecule has 0 fully saturated rings. The summed E-state index contributed by atoms with van der Waals surface area (Å²) >= 11 is 25.6. The molecule has 0 nitrogen and oxygen atoms in total. The molecule has 0 aromatic heterocycles. The number of rotatable bonds is 1. The van der Waals surface area contributed by atoms with Crippen LogP contribution in [-0.4, -0.2) is 25.9 Å². The van der Waals surface area contributed by atoms with Crippen molar-refractivity contribution in [2.75, 3.05) is 0 Å². The van der Waals surface area contributed by atoms with Crippen molar-refractivity contribution in [2.45, 2.75) is 25.9 Å². The Balaban J connectivity index is 0. The molecule has 14 heteroatoms. The highest BCUT2D eigenvalue weighted by Crippen LogP contribution is 2.51. The van der Waals surface area contributed by atoms with Crippen molar-refractivity contribution < 1.29 is 35.1 Å². The van der Waals surface area contributed by atoms with Gasteiger partial charge in [-0.15, -0.1) is 0 Å². The molecule has 0 bridgehead atoms. The Morgan fingerprint density at radius 1 is 0.526 bits per heavy atom. The molecule has 0 N–H and O–H groups in total. The summed E-state index contributed by atoms with van der Waals surface area (Å²) in [7, 11) is 0. The third kappa shape index (κ3) is 7.13. The summed E-state index contributed by atoms with van der Waals surface area (Å²) in [5.41, 5.74) is 0. The third-order valence-electron chi connectivity index (χ3n) is 1.03. The number of hydrogen-bond acceptors (Lipinski definition) is 0. The number of alkyl halides is 14. The third-order valence-corrected chi connectivity index (χ3v) is 2.67. The van der Waals surface area contributed by atoms with Crippen LogP contribution in [0.3, 0.4) is 0 Å². The van der Waals surface area contributed by atoms with Gasteiger partial charge < -0.3 is 0 Å². The van der Waals surface area contributed by atoms with Gasteiger partial charge in [-0.2, -0.15) is 35.1 Å². The van der Waals surface area contributed by atoms with Crippen molar-refractivity contribution in [3.63, 3.8) is 0 Å². The van der Waals surface area contributed by atoms with E-state index in [2.05, 4.69) is 69.6 Å². The van der Waals surface area contributed by atoms with Crippen LogP contribution in [0, 0.1) is 0 Å². The molecule has 0 unspecified atom stereocenters. The summed E-state index contributed by atoms with van der Waals surface area (Å²) in [4.78, 5) is 0. The first-order valence-electron chi connectivity index (χ1n) is 3.40. The zero-order valence-electron chi connectivity index (χ0n) is 7.79. The Kier molecular flexibility index (Phi) is 7.71. The lowest BCUT2D eigenvalue weighted by Gasteiger charge is -2.25. The first-order chi connectivity index (χ1) is 7.75. The Hall–Kier alpha value is 1.18. The van der Waals surface area contributed by atoms with E-state index in [0.29, 0.717) is 0 Å². The summed E-state index contributed by atoms with van der Waals surface area (Å²) in [6, 6.07) is 0. The molecule has 0 aliphatic heterocycles. The van der Waals surface area contributed by atoms with Gasteiger partial charge in [0.2, 0.25) is 0 Å². The van der Waals surface area contributed by atoms with Gasteiger partial charge in [-0.05, 0) is 11.6 Å². The number of hydrogen-bond donors (Lipinski definition) is 0. The Morgan fingerprint density at radius 2 is 0.737 bits per heavy atom. The summed E-state index contributed by atoms with van der Waals surface area (Å²) < 4.78 is 84.7. The zero-order chi connectivity index (χ0) is 16.5. The quantitative estimate of drug-likeness (QED) is 0.334. The van der Waals surface area contributed by atoms with Crippen LogP contribution in [-0.2, 0) is 0 Å². The zero-order valence-corrected chi connectivity index (χ0v) is 12.3. The first kappa shape index (κ1) is 22.5. The van der Waals surface area contributed by atoms with Crippen LogP contribution in [0.2, 0.25) is 0 Å². The Morgan fingerprint density at radius 3 is 0.737 bits per heavy atom. The summed E-state index contributed by atoms with van der Waals surface area (Å²) in [6.45, 7) is 0. The molecule has 0 rings (SSSR count). The van der Waals surface area contributed by atoms with Crippen molar-refractivity contribution in [2.24, 2.45) is 0 Å². The van der Waals surface area contributed by atoms with Crippen molar-refractivity contribution in [3.8, 4) is 0 Å². The van der Waals surface area contributed by atoms with Gasteiger partial charge in [-0.3, -0.25) is 0 Å². The summed E-state index contributed by atoms with van der Waals surface area (Å²) in [5.74, 6) is -5.33. The fourth-order valence-corrected chi connectivity index (χ4v) is 0.482. The van der Waals surface area contributed by atoms with E-state index >= 15 is 0 Å². The second-order valence-corrected chi connectivity index (χ2v) is 6.56. The van der Waals surface area contributed by atoms with Crippen LogP contribution in [0.25, 0.3) is 0 Å². The van der Waals surface area contributed by atoms with Crippen molar-refractivity contribution >= 4 is 69.6 Å². The lowest BCUT2D eigenvalue weighted by Crippen LogP contribution is -2.47. The molecule has 0 radical (unpaired) electrons. The molecule has 0 aliphatic rings. The second-order valence-electron chi connectivity index (χ2n) is 2.57. The smallest absolute Gasteiger partial charge is 0.199 e. The lowest BCUT2D eigenvalue weighted by molar-refractivity contribution is -0.279. The van der Waals surface area contributed by atoms with E-state index in [4.69, 9.17) is 0 Å². The molecule has 0 saturated carbocycles. The predicted molar refractivity (Wildman–Crippen MR) is 57.6 cm³/mol. The maximum Gasteiger partial charge on any atom is 0.457 e. The predicted octanol–water partition coefficient (Wildman–Crippen LogP) is 6.47. The first-order valence-corrected chi connectivity index (χ1v) is 5.66. The Bertz CT molecular complexity index is 254. The van der Waals surface area contributed by atoms with Crippen molar-refractivity contribution in [3.05, 3.63) is 0 Å². The molecule has 118 valence electrons. The van der Waals surface area contributed by atoms with Crippen LogP contribution in [0.1, 0.15) is 0 Å². The summed E-state index contributed by atoms with van der Waals surface area (Å²) in [5, 5.41) is -4.23. The van der Waals surface area contributed by atoms with Crippen LogP contribution >= 0.6 is 69.6 Å². The average molecular weight is 425 g/mol. The summed E-state index contributed by atoms with van der Waals surface area (Å²) in [6.07, 6.45) is -5.85. The van der Waals surface area contributed by atoms with Crippen molar-refractivity contribution in [1.82, 2.24) is 0 Å². The van der Waals surface area contributed by atoms with Gasteiger partial charge in [0.1, 0.15) is 0 Å². The van der Waals surface area contributed by atoms with Crippen LogP contribution in [0.15, 0.2) is 0 Å². The Labute approximate surface area is 130 Å². The minimum atomic E-state index is -5.85.